The number of hydrogen-bond acceptors (Lipinski definition) is 4. The zero-order valence-corrected chi connectivity index (χ0v) is 30.0. The molecule has 0 radical (unpaired) electrons. The molecule has 0 unspecified atom stereocenters. The summed E-state index contributed by atoms with van der Waals surface area (Å²) >= 11 is 0. The third kappa shape index (κ3) is 5.77. The summed E-state index contributed by atoms with van der Waals surface area (Å²) in [4.78, 5) is 45.0. The molecule has 0 atom stereocenters. The van der Waals surface area contributed by atoms with Gasteiger partial charge in [-0.3, -0.25) is 9.59 Å². The molecule has 264 valence electrons. The summed E-state index contributed by atoms with van der Waals surface area (Å²) in [5, 5.41) is 0. The van der Waals surface area contributed by atoms with Crippen molar-refractivity contribution in [1.29, 1.82) is 0 Å². The molecular weight excluding hydrogens is 689 g/mol. The lowest BCUT2D eigenvalue weighted by molar-refractivity contribution is -0.114. The van der Waals surface area contributed by atoms with Crippen LogP contribution >= 0.6 is 0 Å². The molecule has 5 heterocycles. The topological polar surface area (TPSA) is 91.5 Å². The largest absolute Gasteiger partial charge is 0.354 e. The molecule has 4 aromatic carbocycles. The number of nitrogens with zero attached hydrogens (tertiary/aromatic N) is 2. The number of allylic oxidation sites excluding steroid dienone is 5. The fraction of sp³-hybridized carbons (Fsp3) is 0. The first-order chi connectivity index (χ1) is 27.6. The van der Waals surface area contributed by atoms with Gasteiger partial charge in [0.05, 0.1) is 22.8 Å². The Morgan fingerprint density at radius 2 is 0.768 bits per heavy atom. The van der Waals surface area contributed by atoms with Gasteiger partial charge in [0.1, 0.15) is 0 Å². The van der Waals surface area contributed by atoms with E-state index in [2.05, 4.69) is 82.8 Å². The predicted molar refractivity (Wildman–Crippen MR) is 227 cm³/mol. The van der Waals surface area contributed by atoms with Gasteiger partial charge in [-0.15, -0.1) is 0 Å². The molecule has 6 heteroatoms. The number of carbonyl (C=O) groups is 2. The summed E-state index contributed by atoms with van der Waals surface area (Å²) < 4.78 is 0. The Hall–Kier alpha value is -7.70. The van der Waals surface area contributed by atoms with Crippen LogP contribution in [0.4, 0.5) is 0 Å². The second-order valence-electron chi connectivity index (χ2n) is 13.8. The van der Waals surface area contributed by atoms with E-state index in [-0.39, 0.29) is 11.6 Å². The number of hydrogen-bond donors (Lipinski definition) is 2. The third-order valence-corrected chi connectivity index (χ3v) is 10.4. The Morgan fingerprint density at radius 3 is 1.23 bits per heavy atom. The second kappa shape index (κ2) is 13.6. The zero-order valence-electron chi connectivity index (χ0n) is 30.0. The number of ketones is 2. The van der Waals surface area contributed by atoms with Gasteiger partial charge in [-0.2, -0.15) is 0 Å². The molecule has 10 rings (SSSR count). The van der Waals surface area contributed by atoms with Gasteiger partial charge in [0, 0.05) is 55.5 Å². The fourth-order valence-corrected chi connectivity index (χ4v) is 7.84. The summed E-state index contributed by atoms with van der Waals surface area (Å²) in [7, 11) is 0. The summed E-state index contributed by atoms with van der Waals surface area (Å²) in [5.74, 6) is -0.498. The molecule has 3 aliphatic rings. The quantitative estimate of drug-likeness (QED) is 0.173. The van der Waals surface area contributed by atoms with Gasteiger partial charge in [0.15, 0.2) is 11.6 Å². The van der Waals surface area contributed by atoms with Crippen molar-refractivity contribution in [2.24, 2.45) is 0 Å². The Balaban J connectivity index is 1.43. The Morgan fingerprint density at radius 1 is 0.357 bits per heavy atom. The summed E-state index contributed by atoms with van der Waals surface area (Å²) in [6.07, 6.45) is 10.2. The number of rotatable bonds is 5. The first kappa shape index (κ1) is 32.9. The Kier molecular flexibility index (Phi) is 8.00. The number of aromatic nitrogens is 4. The van der Waals surface area contributed by atoms with Crippen molar-refractivity contribution in [1.82, 2.24) is 19.9 Å². The maximum Gasteiger partial charge on any atom is 0.186 e. The maximum atomic E-state index is 13.7. The first-order valence-electron chi connectivity index (χ1n) is 18.5. The van der Waals surface area contributed by atoms with Crippen LogP contribution in [0.5, 0.6) is 0 Å². The average Bonchev–Trinajstić information content (AvgIpc) is 4.08. The standard InChI is InChI=1S/C50H32N4O2/c55-35-21-28-45(56)36(29-35)37-30-44-48(33-17-9-3-10-18-33)42-25-24-40(52-42)46(31-13-5-1-6-14-31)38-22-23-39(51-38)47(32-15-7-2-8-16-32)41-26-27-43(53-41)49(50(37)54-44)34-19-11-4-12-20-34/h1-30,52-53H. The van der Waals surface area contributed by atoms with E-state index in [0.717, 1.165) is 78.0 Å². The zero-order chi connectivity index (χ0) is 37.6. The number of benzene rings is 4. The molecule has 7 aromatic rings. The molecule has 1 aliphatic carbocycles. The van der Waals surface area contributed by atoms with Crippen molar-refractivity contribution in [3.05, 3.63) is 192 Å². The van der Waals surface area contributed by atoms with Crippen LogP contribution in [0, 0.1) is 0 Å². The van der Waals surface area contributed by atoms with Crippen molar-refractivity contribution in [2.75, 3.05) is 0 Å². The summed E-state index contributed by atoms with van der Waals surface area (Å²) in [5.41, 5.74) is 14.6. The second-order valence-corrected chi connectivity index (χ2v) is 13.8. The number of aromatic amines is 2. The van der Waals surface area contributed by atoms with Gasteiger partial charge in [0.25, 0.3) is 0 Å². The van der Waals surface area contributed by atoms with Crippen LogP contribution in [-0.2, 0) is 9.59 Å². The van der Waals surface area contributed by atoms with E-state index in [9.17, 15) is 9.59 Å². The highest BCUT2D eigenvalue weighted by molar-refractivity contribution is 6.27. The third-order valence-electron chi connectivity index (χ3n) is 10.4. The molecule has 2 N–H and O–H groups in total. The van der Waals surface area contributed by atoms with Crippen LogP contribution in [0.15, 0.2) is 169 Å². The maximum absolute atomic E-state index is 13.7. The molecule has 0 saturated heterocycles. The normalized spacial score (nSPS) is 13.5. The number of nitrogens with one attached hydrogen (secondary N) is 2. The SMILES string of the molecule is O=C1C=CC(=O)C(C2=Cc3nc2c(-c2ccccc2)c2ccc([nH]2)c(-c2ccccc2)c2nc(c(-c4ccccc4)c4ccc([nH]4)c3-c3ccccc3)C=C2)=C1. The molecule has 0 fully saturated rings. The number of H-pyrrole nitrogens is 2. The summed E-state index contributed by atoms with van der Waals surface area (Å²) in [6.45, 7) is 0. The molecule has 6 nitrogen and oxygen atoms in total. The Bertz CT molecular complexity index is 3020. The minimum atomic E-state index is -0.252. The lowest BCUT2D eigenvalue weighted by atomic mass is 9.90. The molecule has 2 aliphatic heterocycles. The van der Waals surface area contributed by atoms with E-state index in [4.69, 9.17) is 9.97 Å². The van der Waals surface area contributed by atoms with E-state index in [1.807, 2.05) is 91.0 Å². The van der Waals surface area contributed by atoms with Gasteiger partial charge in [-0.05, 0) is 83.0 Å². The van der Waals surface area contributed by atoms with Gasteiger partial charge < -0.3 is 9.97 Å². The van der Waals surface area contributed by atoms with Gasteiger partial charge in [-0.1, -0.05) is 121 Å². The lowest BCUT2D eigenvalue weighted by Crippen LogP contribution is -2.09. The van der Waals surface area contributed by atoms with Crippen LogP contribution in [-0.4, -0.2) is 31.5 Å². The minimum absolute atomic E-state index is 0.246. The van der Waals surface area contributed by atoms with Crippen molar-refractivity contribution in [3.8, 4) is 44.5 Å². The van der Waals surface area contributed by atoms with Crippen LogP contribution < -0.4 is 0 Å². The highest BCUT2D eigenvalue weighted by atomic mass is 16.1. The van der Waals surface area contributed by atoms with Crippen LogP contribution in [0.1, 0.15) is 22.8 Å². The monoisotopic (exact) mass is 720 g/mol. The van der Waals surface area contributed by atoms with Crippen LogP contribution in [0.3, 0.4) is 0 Å². The minimum Gasteiger partial charge on any atom is -0.354 e. The van der Waals surface area contributed by atoms with Crippen molar-refractivity contribution >= 4 is 57.4 Å². The molecule has 8 bridgehead atoms. The van der Waals surface area contributed by atoms with E-state index in [1.165, 1.54) is 18.2 Å². The number of carbonyl (C=O) groups excluding carboxylic acids is 2. The highest BCUT2D eigenvalue weighted by Crippen LogP contribution is 2.42. The van der Waals surface area contributed by atoms with Crippen LogP contribution in [0.25, 0.3) is 90.4 Å². The van der Waals surface area contributed by atoms with Gasteiger partial charge in [-0.25, -0.2) is 9.97 Å². The van der Waals surface area contributed by atoms with Gasteiger partial charge in [0.2, 0.25) is 0 Å². The molecule has 0 amide bonds. The molecule has 3 aromatic heterocycles. The van der Waals surface area contributed by atoms with Crippen molar-refractivity contribution in [3.63, 3.8) is 0 Å². The molecule has 56 heavy (non-hydrogen) atoms. The van der Waals surface area contributed by atoms with Crippen LogP contribution in [0.2, 0.25) is 0 Å². The highest BCUT2D eigenvalue weighted by Gasteiger charge is 2.28. The number of fused-ring (bicyclic) bond motifs is 8. The van der Waals surface area contributed by atoms with E-state index < -0.39 is 0 Å². The lowest BCUT2D eigenvalue weighted by Gasteiger charge is -2.12. The molecule has 0 saturated carbocycles. The first-order valence-corrected chi connectivity index (χ1v) is 18.5. The average molecular weight is 721 g/mol. The summed E-state index contributed by atoms with van der Waals surface area (Å²) in [6, 6.07) is 49.1. The molecular formula is C50H32N4O2. The van der Waals surface area contributed by atoms with Crippen molar-refractivity contribution in [2.45, 2.75) is 0 Å². The molecule has 0 spiro atoms. The van der Waals surface area contributed by atoms with E-state index in [1.54, 1.807) is 0 Å². The van der Waals surface area contributed by atoms with E-state index >= 15 is 0 Å². The fourth-order valence-electron chi connectivity index (χ4n) is 7.84. The Labute approximate surface area is 322 Å². The van der Waals surface area contributed by atoms with E-state index in [0.29, 0.717) is 22.5 Å². The van der Waals surface area contributed by atoms with Gasteiger partial charge >= 0.3 is 0 Å². The van der Waals surface area contributed by atoms with Crippen molar-refractivity contribution < 1.29 is 9.59 Å². The smallest absolute Gasteiger partial charge is 0.186 e. The predicted octanol–water partition coefficient (Wildman–Crippen LogP) is 11.3.